The Morgan fingerprint density at radius 1 is 1.11 bits per heavy atom. The number of amides is 2. The van der Waals surface area contributed by atoms with Crippen LogP contribution in [0.5, 0.6) is 5.75 Å². The number of carbonyl (C=O) groups excluding carboxylic acids is 1. The third kappa shape index (κ3) is 4.87. The van der Waals surface area contributed by atoms with Gasteiger partial charge in [-0.25, -0.2) is 9.78 Å². The Balaban J connectivity index is 1.38. The first kappa shape index (κ1) is 23.7. The number of pyridine rings is 1. The van der Waals surface area contributed by atoms with Gasteiger partial charge >= 0.3 is 6.03 Å². The Bertz CT molecular complexity index is 1350. The quantitative estimate of drug-likeness (QED) is 0.372. The topological polar surface area (TPSA) is 62.1 Å². The van der Waals surface area contributed by atoms with Crippen molar-refractivity contribution in [1.29, 1.82) is 0 Å². The van der Waals surface area contributed by atoms with Crippen molar-refractivity contribution >= 4 is 22.9 Å². The van der Waals surface area contributed by atoms with Gasteiger partial charge in [0.05, 0.1) is 17.8 Å². The van der Waals surface area contributed by atoms with Gasteiger partial charge in [-0.1, -0.05) is 18.2 Å². The molecule has 0 saturated carbocycles. The number of imidazole rings is 1. The zero-order chi connectivity index (χ0) is 25.1. The van der Waals surface area contributed by atoms with Crippen molar-refractivity contribution in [3.05, 3.63) is 78.8 Å². The van der Waals surface area contributed by atoms with Crippen LogP contribution in [0.1, 0.15) is 31.5 Å². The number of anilines is 2. The minimum atomic E-state index is -0.0668. The summed E-state index contributed by atoms with van der Waals surface area (Å²) >= 11 is 0. The first-order chi connectivity index (χ1) is 17.5. The van der Waals surface area contributed by atoms with Gasteiger partial charge in [0.2, 0.25) is 0 Å². The second-order valence-corrected chi connectivity index (χ2v) is 9.39. The van der Waals surface area contributed by atoms with Crippen LogP contribution in [0, 0.1) is 0 Å². The molecule has 2 amide bonds. The Morgan fingerprint density at radius 3 is 2.72 bits per heavy atom. The molecule has 1 fully saturated rings. The number of hydrogen-bond donors (Lipinski definition) is 1. The molecule has 36 heavy (non-hydrogen) atoms. The van der Waals surface area contributed by atoms with Gasteiger partial charge in [-0.15, -0.1) is 0 Å². The van der Waals surface area contributed by atoms with Crippen LogP contribution in [0.15, 0.2) is 72.9 Å². The van der Waals surface area contributed by atoms with Gasteiger partial charge < -0.3 is 24.3 Å². The van der Waals surface area contributed by atoms with E-state index in [1.54, 1.807) is 0 Å². The van der Waals surface area contributed by atoms with Crippen LogP contribution in [-0.2, 0) is 0 Å². The summed E-state index contributed by atoms with van der Waals surface area (Å²) in [6.07, 6.45) is 4.00. The number of nitrogens with one attached hydrogen (secondary N) is 1. The molecule has 1 aliphatic heterocycles. The predicted octanol–water partition coefficient (Wildman–Crippen LogP) is 5.88. The summed E-state index contributed by atoms with van der Waals surface area (Å²) in [4.78, 5) is 22.2. The maximum Gasteiger partial charge on any atom is 0.321 e. The highest BCUT2D eigenvalue weighted by Crippen LogP contribution is 2.33. The summed E-state index contributed by atoms with van der Waals surface area (Å²) in [7, 11) is 4.00. The molecule has 0 radical (unpaired) electrons. The van der Waals surface area contributed by atoms with Crippen molar-refractivity contribution in [3.8, 4) is 17.0 Å². The highest BCUT2D eigenvalue weighted by molar-refractivity contribution is 5.89. The molecule has 0 bridgehead atoms. The number of piperidine rings is 1. The maximum absolute atomic E-state index is 13.1. The zero-order valence-corrected chi connectivity index (χ0v) is 21.1. The normalized spacial score (nSPS) is 15.6. The van der Waals surface area contributed by atoms with Crippen molar-refractivity contribution in [2.75, 3.05) is 44.0 Å². The van der Waals surface area contributed by atoms with Gasteiger partial charge in [0.15, 0.2) is 0 Å². The predicted molar refractivity (Wildman–Crippen MR) is 145 cm³/mol. The zero-order valence-electron chi connectivity index (χ0n) is 21.1. The highest BCUT2D eigenvalue weighted by Gasteiger charge is 2.28. The molecule has 0 aliphatic carbocycles. The van der Waals surface area contributed by atoms with Gasteiger partial charge in [-0.05, 0) is 68.3 Å². The fraction of sp³-hybridized carbons (Fsp3) is 0.310. The van der Waals surface area contributed by atoms with E-state index in [2.05, 4.69) is 28.0 Å². The molecule has 1 N–H and O–H groups in total. The summed E-state index contributed by atoms with van der Waals surface area (Å²) in [5, 5.41) is 3.06. The van der Waals surface area contributed by atoms with E-state index < -0.39 is 0 Å². The summed E-state index contributed by atoms with van der Waals surface area (Å²) in [5.74, 6) is 1.99. The molecule has 0 spiro atoms. The van der Waals surface area contributed by atoms with Crippen molar-refractivity contribution in [1.82, 2.24) is 14.3 Å². The lowest BCUT2D eigenvalue weighted by atomic mass is 9.97. The van der Waals surface area contributed by atoms with Crippen molar-refractivity contribution < 1.29 is 9.53 Å². The van der Waals surface area contributed by atoms with E-state index in [0.29, 0.717) is 13.2 Å². The van der Waals surface area contributed by atoms with Crippen LogP contribution in [0.25, 0.3) is 16.8 Å². The van der Waals surface area contributed by atoms with Crippen molar-refractivity contribution in [2.45, 2.75) is 25.7 Å². The number of nitrogens with zero attached hydrogens (tertiary/aromatic N) is 4. The standard InChI is InChI=1S/C29H33N5O2/c1-4-36-25-11-7-9-21(19-25)27-26-12-5-6-18-34(26)28(31-27)22-10-8-17-33(20-22)29(35)30-23-13-15-24(16-14-23)32(2)3/h5-7,9,11-16,18-19,22H,4,8,10,17,20H2,1-3H3,(H,30,35). The average Bonchev–Trinajstić information content (AvgIpc) is 3.29. The van der Waals surface area contributed by atoms with Crippen LogP contribution in [0.2, 0.25) is 0 Å². The van der Waals surface area contributed by atoms with Gasteiger partial charge in [0.1, 0.15) is 11.6 Å². The molecule has 7 nitrogen and oxygen atoms in total. The molecule has 1 saturated heterocycles. The second-order valence-electron chi connectivity index (χ2n) is 9.39. The molecule has 1 atom stereocenters. The molecular formula is C29H33N5O2. The Morgan fingerprint density at radius 2 is 1.94 bits per heavy atom. The van der Waals surface area contributed by atoms with E-state index in [0.717, 1.165) is 59.1 Å². The lowest BCUT2D eigenvalue weighted by Gasteiger charge is -2.32. The summed E-state index contributed by atoms with van der Waals surface area (Å²) < 4.78 is 7.90. The summed E-state index contributed by atoms with van der Waals surface area (Å²) in [6.45, 7) is 3.98. The van der Waals surface area contributed by atoms with Crippen molar-refractivity contribution in [2.24, 2.45) is 0 Å². The molecule has 2 aromatic heterocycles. The molecule has 1 unspecified atom stereocenters. The minimum absolute atomic E-state index is 0.0668. The van der Waals surface area contributed by atoms with E-state index in [9.17, 15) is 4.79 Å². The Hall–Kier alpha value is -4.00. The van der Waals surface area contributed by atoms with Crippen LogP contribution >= 0.6 is 0 Å². The van der Waals surface area contributed by atoms with Crippen LogP contribution < -0.4 is 15.0 Å². The second kappa shape index (κ2) is 10.3. The van der Waals surface area contributed by atoms with Crippen LogP contribution in [0.3, 0.4) is 0 Å². The number of likely N-dealkylation sites (tertiary alicyclic amines) is 1. The molecule has 4 aromatic rings. The lowest BCUT2D eigenvalue weighted by Crippen LogP contribution is -2.42. The summed E-state index contributed by atoms with van der Waals surface area (Å²) in [5.41, 5.74) is 4.93. The number of hydrogen-bond acceptors (Lipinski definition) is 4. The average molecular weight is 484 g/mol. The van der Waals surface area contributed by atoms with E-state index in [1.807, 2.05) is 85.4 Å². The first-order valence-corrected chi connectivity index (χ1v) is 12.6. The highest BCUT2D eigenvalue weighted by atomic mass is 16.5. The number of carbonyl (C=O) groups is 1. The summed E-state index contributed by atoms with van der Waals surface area (Å²) in [6, 6.07) is 22.1. The van der Waals surface area contributed by atoms with Crippen LogP contribution in [0.4, 0.5) is 16.2 Å². The Labute approximate surface area is 212 Å². The molecule has 186 valence electrons. The monoisotopic (exact) mass is 483 g/mol. The van der Waals surface area contributed by atoms with Gasteiger partial charge in [-0.3, -0.25) is 0 Å². The smallest absolute Gasteiger partial charge is 0.321 e. The molecule has 3 heterocycles. The minimum Gasteiger partial charge on any atom is -0.494 e. The maximum atomic E-state index is 13.1. The molecule has 7 heteroatoms. The van der Waals surface area contributed by atoms with Gasteiger partial charge in [-0.2, -0.15) is 0 Å². The number of fused-ring (bicyclic) bond motifs is 1. The van der Waals surface area contributed by atoms with Gasteiger partial charge in [0, 0.05) is 56.2 Å². The Kier molecular flexibility index (Phi) is 6.80. The van der Waals surface area contributed by atoms with E-state index in [1.165, 1.54) is 0 Å². The number of aromatic nitrogens is 2. The fourth-order valence-corrected chi connectivity index (χ4v) is 4.88. The van der Waals surface area contributed by atoms with Crippen molar-refractivity contribution in [3.63, 3.8) is 0 Å². The van der Waals surface area contributed by atoms with Gasteiger partial charge in [0.25, 0.3) is 0 Å². The molecule has 2 aromatic carbocycles. The third-order valence-corrected chi connectivity index (χ3v) is 6.70. The number of rotatable bonds is 6. The molecular weight excluding hydrogens is 450 g/mol. The molecule has 5 rings (SSSR count). The lowest BCUT2D eigenvalue weighted by molar-refractivity contribution is 0.191. The SMILES string of the molecule is CCOc1cccc(-c2nc(C3CCCN(C(=O)Nc4ccc(N(C)C)cc4)C3)n3ccccc23)c1. The number of benzene rings is 2. The number of ether oxygens (including phenoxy) is 1. The number of urea groups is 1. The molecule has 1 aliphatic rings. The van der Waals surface area contributed by atoms with E-state index in [-0.39, 0.29) is 11.9 Å². The largest absolute Gasteiger partial charge is 0.494 e. The van der Waals surface area contributed by atoms with Crippen LogP contribution in [-0.4, -0.2) is 54.1 Å². The third-order valence-electron chi connectivity index (χ3n) is 6.70. The van der Waals surface area contributed by atoms with E-state index >= 15 is 0 Å². The first-order valence-electron chi connectivity index (χ1n) is 12.6. The fourth-order valence-electron chi connectivity index (χ4n) is 4.88. The van der Waals surface area contributed by atoms with E-state index in [4.69, 9.17) is 9.72 Å².